The average molecular weight is 500 g/mol. The van der Waals surface area contributed by atoms with Crippen molar-refractivity contribution in [3.8, 4) is 17.2 Å². The average Bonchev–Trinajstić information content (AvgIpc) is 3.16. The molecule has 0 unspecified atom stereocenters. The number of methoxy groups -OCH3 is 2. The predicted molar refractivity (Wildman–Crippen MR) is 145 cm³/mol. The van der Waals surface area contributed by atoms with Crippen LogP contribution in [0, 0.1) is 27.7 Å². The Morgan fingerprint density at radius 1 is 0.865 bits per heavy atom. The van der Waals surface area contributed by atoms with Crippen LogP contribution in [0.3, 0.4) is 0 Å². The van der Waals surface area contributed by atoms with Crippen LogP contribution >= 0.6 is 0 Å². The predicted octanol–water partition coefficient (Wildman–Crippen LogP) is 6.01. The van der Waals surface area contributed by atoms with Gasteiger partial charge in [0.15, 0.2) is 11.5 Å². The molecule has 1 N–H and O–H groups in total. The van der Waals surface area contributed by atoms with Crippen LogP contribution in [0.25, 0.3) is 0 Å². The number of anilines is 1. The molecule has 3 aromatic carbocycles. The molecule has 0 saturated heterocycles. The van der Waals surface area contributed by atoms with Crippen molar-refractivity contribution in [2.24, 2.45) is 0 Å². The third-order valence-electron chi connectivity index (χ3n) is 6.33. The van der Waals surface area contributed by atoms with Crippen LogP contribution in [0.4, 0.5) is 5.69 Å². The van der Waals surface area contributed by atoms with Crippen LogP contribution in [0.1, 0.15) is 44.0 Å². The Labute approximate surface area is 218 Å². The molecular weight excluding hydrogens is 466 g/mol. The molecule has 0 spiro atoms. The Kier molecular flexibility index (Phi) is 7.82. The number of hydrogen-bond acceptors (Lipinski definition) is 5. The summed E-state index contributed by atoms with van der Waals surface area (Å²) in [6.07, 6.45) is 0. The fourth-order valence-electron chi connectivity index (χ4n) is 4.20. The van der Waals surface area contributed by atoms with Gasteiger partial charge in [-0.3, -0.25) is 9.48 Å². The van der Waals surface area contributed by atoms with Gasteiger partial charge in [0.05, 0.1) is 37.8 Å². The smallest absolute Gasteiger partial charge is 0.255 e. The van der Waals surface area contributed by atoms with Gasteiger partial charge in [-0.25, -0.2) is 0 Å². The van der Waals surface area contributed by atoms with E-state index in [-0.39, 0.29) is 5.91 Å². The standard InChI is InChI=1S/C30H33N3O4/c1-19-10-11-20(2)27(14-19)37-18-24-8-7-9-25(15-24)30(34)31-29-21(3)32-33(22(29)4)17-23-12-13-26(35-5)28(16-23)36-6/h7-16H,17-18H2,1-6H3,(H,31,34). The maximum atomic E-state index is 13.1. The van der Waals surface area contributed by atoms with Gasteiger partial charge in [0.25, 0.3) is 5.91 Å². The summed E-state index contributed by atoms with van der Waals surface area (Å²) in [6, 6.07) is 19.4. The summed E-state index contributed by atoms with van der Waals surface area (Å²) in [4.78, 5) is 13.1. The Hall–Kier alpha value is -4.26. The molecule has 0 radical (unpaired) electrons. The summed E-state index contributed by atoms with van der Waals surface area (Å²) >= 11 is 0. The van der Waals surface area contributed by atoms with E-state index >= 15 is 0 Å². The normalized spacial score (nSPS) is 10.8. The summed E-state index contributed by atoms with van der Waals surface area (Å²) in [6.45, 7) is 8.82. The van der Waals surface area contributed by atoms with Crippen molar-refractivity contribution >= 4 is 11.6 Å². The fraction of sp³-hybridized carbons (Fsp3) is 0.267. The van der Waals surface area contributed by atoms with Crippen LogP contribution in [-0.4, -0.2) is 29.9 Å². The lowest BCUT2D eigenvalue weighted by atomic mass is 10.1. The Morgan fingerprint density at radius 3 is 2.41 bits per heavy atom. The molecule has 4 rings (SSSR count). The maximum absolute atomic E-state index is 13.1. The van der Waals surface area contributed by atoms with E-state index < -0.39 is 0 Å². The van der Waals surface area contributed by atoms with Crippen LogP contribution in [0.15, 0.2) is 60.7 Å². The zero-order valence-corrected chi connectivity index (χ0v) is 22.2. The number of hydrogen-bond donors (Lipinski definition) is 1. The zero-order valence-electron chi connectivity index (χ0n) is 22.2. The van der Waals surface area contributed by atoms with E-state index in [9.17, 15) is 4.79 Å². The number of nitrogens with one attached hydrogen (secondary N) is 1. The third kappa shape index (κ3) is 5.94. The number of aryl methyl sites for hydroxylation is 3. The largest absolute Gasteiger partial charge is 0.493 e. The molecular formula is C30H33N3O4. The van der Waals surface area contributed by atoms with Gasteiger partial charge in [-0.15, -0.1) is 0 Å². The van der Waals surface area contributed by atoms with Crippen LogP contribution in [-0.2, 0) is 13.2 Å². The molecule has 7 heteroatoms. The van der Waals surface area contributed by atoms with Gasteiger partial charge in [-0.1, -0.05) is 30.3 Å². The third-order valence-corrected chi connectivity index (χ3v) is 6.33. The lowest BCUT2D eigenvalue weighted by Crippen LogP contribution is -2.14. The van der Waals surface area contributed by atoms with Gasteiger partial charge < -0.3 is 19.5 Å². The summed E-state index contributed by atoms with van der Waals surface area (Å²) in [5.41, 5.74) is 7.05. The quantitative estimate of drug-likeness (QED) is 0.305. The second kappa shape index (κ2) is 11.2. The van der Waals surface area contributed by atoms with E-state index in [1.54, 1.807) is 20.3 Å². The summed E-state index contributed by atoms with van der Waals surface area (Å²) in [5.74, 6) is 2.00. The molecule has 0 fully saturated rings. The summed E-state index contributed by atoms with van der Waals surface area (Å²) in [5, 5.41) is 7.71. The molecule has 0 aliphatic rings. The SMILES string of the molecule is COc1ccc(Cn2nc(C)c(NC(=O)c3cccc(COc4cc(C)ccc4C)c3)c2C)cc1OC. The molecule has 1 amide bonds. The second-order valence-electron chi connectivity index (χ2n) is 9.10. The van der Waals surface area contributed by atoms with Crippen molar-refractivity contribution in [2.45, 2.75) is 40.8 Å². The first-order chi connectivity index (χ1) is 17.8. The number of carbonyl (C=O) groups is 1. The van der Waals surface area contributed by atoms with E-state index in [2.05, 4.69) is 16.5 Å². The highest BCUT2D eigenvalue weighted by Crippen LogP contribution is 2.29. The molecule has 0 aliphatic carbocycles. The molecule has 4 aromatic rings. The van der Waals surface area contributed by atoms with E-state index in [0.717, 1.165) is 39.4 Å². The first kappa shape index (κ1) is 25.8. The van der Waals surface area contributed by atoms with E-state index in [1.807, 2.05) is 80.9 Å². The van der Waals surface area contributed by atoms with Crippen molar-refractivity contribution in [1.29, 1.82) is 0 Å². The molecule has 192 valence electrons. The minimum absolute atomic E-state index is 0.189. The first-order valence-electron chi connectivity index (χ1n) is 12.1. The van der Waals surface area contributed by atoms with Gasteiger partial charge in [0, 0.05) is 5.56 Å². The maximum Gasteiger partial charge on any atom is 0.255 e. The van der Waals surface area contributed by atoms with E-state index in [0.29, 0.717) is 35.9 Å². The molecule has 0 saturated carbocycles. The van der Waals surface area contributed by atoms with Gasteiger partial charge in [0.2, 0.25) is 0 Å². The highest BCUT2D eigenvalue weighted by Gasteiger charge is 2.16. The highest BCUT2D eigenvalue weighted by molar-refractivity contribution is 6.05. The van der Waals surface area contributed by atoms with Crippen LogP contribution < -0.4 is 19.5 Å². The van der Waals surface area contributed by atoms with Crippen molar-refractivity contribution in [2.75, 3.05) is 19.5 Å². The molecule has 0 atom stereocenters. The van der Waals surface area contributed by atoms with E-state index in [4.69, 9.17) is 14.2 Å². The van der Waals surface area contributed by atoms with Crippen molar-refractivity contribution < 1.29 is 19.0 Å². The Balaban J connectivity index is 1.47. The number of carbonyl (C=O) groups excluding carboxylic acids is 1. The lowest BCUT2D eigenvalue weighted by Gasteiger charge is -2.12. The van der Waals surface area contributed by atoms with Gasteiger partial charge in [-0.05, 0) is 80.3 Å². The van der Waals surface area contributed by atoms with Crippen LogP contribution in [0.5, 0.6) is 17.2 Å². The monoisotopic (exact) mass is 499 g/mol. The van der Waals surface area contributed by atoms with E-state index in [1.165, 1.54) is 0 Å². The van der Waals surface area contributed by atoms with Crippen molar-refractivity contribution in [3.05, 3.63) is 99.9 Å². The number of rotatable bonds is 9. The van der Waals surface area contributed by atoms with Gasteiger partial charge in [0.1, 0.15) is 12.4 Å². The second-order valence-corrected chi connectivity index (χ2v) is 9.10. The van der Waals surface area contributed by atoms with Crippen LogP contribution in [0.2, 0.25) is 0 Å². The van der Waals surface area contributed by atoms with Crippen molar-refractivity contribution in [3.63, 3.8) is 0 Å². The molecule has 7 nitrogen and oxygen atoms in total. The number of amides is 1. The Bertz CT molecular complexity index is 1420. The summed E-state index contributed by atoms with van der Waals surface area (Å²) < 4.78 is 18.6. The molecule has 0 aliphatic heterocycles. The fourth-order valence-corrected chi connectivity index (χ4v) is 4.20. The minimum Gasteiger partial charge on any atom is -0.493 e. The van der Waals surface area contributed by atoms with Gasteiger partial charge >= 0.3 is 0 Å². The molecule has 0 bridgehead atoms. The summed E-state index contributed by atoms with van der Waals surface area (Å²) in [7, 11) is 3.23. The Morgan fingerprint density at radius 2 is 1.65 bits per heavy atom. The zero-order chi connectivity index (χ0) is 26.5. The molecule has 37 heavy (non-hydrogen) atoms. The number of aromatic nitrogens is 2. The number of nitrogens with zero attached hydrogens (tertiary/aromatic N) is 2. The molecule has 1 aromatic heterocycles. The number of benzene rings is 3. The van der Waals surface area contributed by atoms with Crippen molar-refractivity contribution in [1.82, 2.24) is 9.78 Å². The lowest BCUT2D eigenvalue weighted by molar-refractivity contribution is 0.102. The molecule has 1 heterocycles. The topological polar surface area (TPSA) is 74.6 Å². The van der Waals surface area contributed by atoms with Gasteiger partial charge in [-0.2, -0.15) is 5.10 Å². The first-order valence-corrected chi connectivity index (χ1v) is 12.1. The minimum atomic E-state index is -0.189. The number of ether oxygens (including phenoxy) is 3. The highest BCUT2D eigenvalue weighted by atomic mass is 16.5.